The van der Waals surface area contributed by atoms with Gasteiger partial charge in [0.2, 0.25) is 0 Å². The first-order valence-corrected chi connectivity index (χ1v) is 8.74. The van der Waals surface area contributed by atoms with E-state index in [1.54, 1.807) is 11.3 Å². The Bertz CT molecular complexity index is 412. The predicted molar refractivity (Wildman–Crippen MR) is 91.4 cm³/mol. The Hall–Kier alpha value is -0.200. The number of nitrogens with one attached hydrogen (secondary N) is 1. The van der Waals surface area contributed by atoms with Gasteiger partial charge < -0.3 is 10.2 Å². The predicted octanol–water partition coefficient (Wildman–Crippen LogP) is 1.99. The second-order valence-electron chi connectivity index (χ2n) is 6.13. The fraction of sp³-hybridized carbons (Fsp3) is 0.800. The van der Waals surface area contributed by atoms with Crippen LogP contribution in [0.25, 0.3) is 0 Å². The van der Waals surface area contributed by atoms with Crippen LogP contribution in [0.2, 0.25) is 0 Å². The van der Waals surface area contributed by atoms with Crippen molar-refractivity contribution in [1.29, 1.82) is 0 Å². The summed E-state index contributed by atoms with van der Waals surface area (Å²) in [6, 6.07) is 0. The number of piperidine rings is 1. The molecule has 120 valence electrons. The van der Waals surface area contributed by atoms with E-state index < -0.39 is 0 Å². The lowest BCUT2D eigenvalue weighted by Gasteiger charge is -2.37. The van der Waals surface area contributed by atoms with Crippen LogP contribution in [-0.2, 0) is 6.54 Å². The zero-order valence-electron chi connectivity index (χ0n) is 12.9. The highest BCUT2D eigenvalue weighted by molar-refractivity contribution is 7.09. The quantitative estimate of drug-likeness (QED) is 0.915. The second kappa shape index (κ2) is 8.44. The minimum Gasteiger partial charge on any atom is -0.317 e. The van der Waals surface area contributed by atoms with E-state index in [1.807, 2.05) is 0 Å². The summed E-state index contributed by atoms with van der Waals surface area (Å²) in [6.07, 6.45) is 2.72. The van der Waals surface area contributed by atoms with Gasteiger partial charge in [-0.05, 0) is 38.8 Å². The maximum atomic E-state index is 4.57. The lowest BCUT2D eigenvalue weighted by Crippen LogP contribution is -2.48. The van der Waals surface area contributed by atoms with Gasteiger partial charge >= 0.3 is 0 Å². The van der Waals surface area contributed by atoms with Gasteiger partial charge in [-0.1, -0.05) is 0 Å². The van der Waals surface area contributed by atoms with Crippen molar-refractivity contribution in [1.82, 2.24) is 20.1 Å². The number of aryl methyl sites for hydroxylation is 1. The van der Waals surface area contributed by atoms with Crippen LogP contribution in [0, 0.1) is 12.8 Å². The van der Waals surface area contributed by atoms with Gasteiger partial charge in [-0.25, -0.2) is 4.98 Å². The van der Waals surface area contributed by atoms with E-state index in [9.17, 15) is 0 Å². The van der Waals surface area contributed by atoms with Gasteiger partial charge in [0.05, 0.1) is 10.7 Å². The third-order valence-corrected chi connectivity index (χ3v) is 5.31. The Morgan fingerprint density at radius 3 is 2.48 bits per heavy atom. The molecule has 2 saturated heterocycles. The van der Waals surface area contributed by atoms with Crippen molar-refractivity contribution in [3.63, 3.8) is 0 Å². The molecule has 0 spiro atoms. The van der Waals surface area contributed by atoms with Crippen molar-refractivity contribution < 1.29 is 0 Å². The summed E-state index contributed by atoms with van der Waals surface area (Å²) in [5.41, 5.74) is 1.25. The van der Waals surface area contributed by atoms with Gasteiger partial charge in [-0.2, -0.15) is 0 Å². The van der Waals surface area contributed by atoms with Crippen molar-refractivity contribution in [2.75, 3.05) is 45.8 Å². The van der Waals surface area contributed by atoms with E-state index in [0.29, 0.717) is 0 Å². The third kappa shape index (κ3) is 5.18. The highest BCUT2D eigenvalue weighted by Crippen LogP contribution is 2.16. The summed E-state index contributed by atoms with van der Waals surface area (Å²) in [6.45, 7) is 11.7. The van der Waals surface area contributed by atoms with Crippen LogP contribution in [0.4, 0.5) is 0 Å². The molecule has 3 heterocycles. The molecule has 0 amide bonds. The first-order valence-electron chi connectivity index (χ1n) is 7.86. The molecule has 2 aliphatic heterocycles. The van der Waals surface area contributed by atoms with Gasteiger partial charge in [0.25, 0.3) is 0 Å². The molecule has 0 atom stereocenters. The largest absolute Gasteiger partial charge is 0.317 e. The van der Waals surface area contributed by atoms with Crippen molar-refractivity contribution in [3.8, 4) is 0 Å². The molecule has 6 heteroatoms. The molecule has 0 aliphatic carbocycles. The maximum Gasteiger partial charge on any atom is 0.0897 e. The Labute approximate surface area is 138 Å². The standard InChI is InChI=1S/C15H26N4S.ClH/c1-13-17-15(12-20-13)11-19-8-6-18(7-9-19)10-14-2-4-16-5-3-14;/h12,14,16H,2-11H2,1H3;1H. The smallest absolute Gasteiger partial charge is 0.0897 e. The van der Waals surface area contributed by atoms with E-state index in [2.05, 4.69) is 32.4 Å². The van der Waals surface area contributed by atoms with Crippen LogP contribution in [0.1, 0.15) is 23.5 Å². The number of piperazine rings is 1. The Balaban J connectivity index is 0.00000161. The minimum absolute atomic E-state index is 0. The monoisotopic (exact) mass is 330 g/mol. The molecule has 2 fully saturated rings. The lowest BCUT2D eigenvalue weighted by molar-refractivity contribution is 0.106. The summed E-state index contributed by atoms with van der Waals surface area (Å²) in [5, 5.41) is 6.85. The van der Waals surface area contributed by atoms with Crippen molar-refractivity contribution >= 4 is 23.7 Å². The van der Waals surface area contributed by atoms with Gasteiger partial charge in [0, 0.05) is 44.6 Å². The van der Waals surface area contributed by atoms with Crippen molar-refractivity contribution in [2.45, 2.75) is 26.3 Å². The molecule has 1 aromatic heterocycles. The van der Waals surface area contributed by atoms with Crippen LogP contribution in [-0.4, -0.2) is 60.6 Å². The summed E-state index contributed by atoms with van der Waals surface area (Å²) < 4.78 is 0. The van der Waals surface area contributed by atoms with Crippen LogP contribution < -0.4 is 5.32 Å². The molecule has 0 saturated carbocycles. The van der Waals surface area contributed by atoms with Crippen molar-refractivity contribution in [2.24, 2.45) is 5.92 Å². The SMILES string of the molecule is Cc1nc(CN2CCN(CC3CCNCC3)CC2)cs1.Cl. The molecule has 1 aromatic rings. The number of halogens is 1. The average molecular weight is 331 g/mol. The van der Waals surface area contributed by atoms with Crippen molar-refractivity contribution in [3.05, 3.63) is 16.1 Å². The van der Waals surface area contributed by atoms with Crippen LogP contribution >= 0.6 is 23.7 Å². The third-order valence-electron chi connectivity index (χ3n) is 4.49. The van der Waals surface area contributed by atoms with E-state index in [1.165, 1.54) is 69.4 Å². The fourth-order valence-corrected chi connectivity index (χ4v) is 3.87. The summed E-state index contributed by atoms with van der Waals surface area (Å²) >= 11 is 1.76. The number of thiazole rings is 1. The average Bonchev–Trinajstić information content (AvgIpc) is 2.88. The Morgan fingerprint density at radius 1 is 1.19 bits per heavy atom. The number of nitrogens with zero attached hydrogens (tertiary/aromatic N) is 3. The van der Waals surface area contributed by atoms with Gasteiger partial charge in [-0.3, -0.25) is 4.90 Å². The maximum absolute atomic E-state index is 4.57. The number of aromatic nitrogens is 1. The number of hydrogen-bond donors (Lipinski definition) is 1. The van der Waals surface area contributed by atoms with Crippen LogP contribution in [0.3, 0.4) is 0 Å². The summed E-state index contributed by atoms with van der Waals surface area (Å²) in [5.74, 6) is 0.920. The minimum atomic E-state index is 0. The molecule has 0 radical (unpaired) electrons. The van der Waals surface area contributed by atoms with Gasteiger partial charge in [0.1, 0.15) is 0 Å². The lowest BCUT2D eigenvalue weighted by atomic mass is 9.97. The van der Waals surface area contributed by atoms with E-state index in [0.717, 1.165) is 12.5 Å². The number of hydrogen-bond acceptors (Lipinski definition) is 5. The highest BCUT2D eigenvalue weighted by Gasteiger charge is 2.21. The second-order valence-corrected chi connectivity index (χ2v) is 7.19. The molecule has 1 N–H and O–H groups in total. The van der Waals surface area contributed by atoms with Crippen LogP contribution in [0.15, 0.2) is 5.38 Å². The first kappa shape index (κ1) is 17.2. The zero-order valence-corrected chi connectivity index (χ0v) is 14.5. The van der Waals surface area contributed by atoms with E-state index >= 15 is 0 Å². The molecule has 0 bridgehead atoms. The molecule has 21 heavy (non-hydrogen) atoms. The summed E-state index contributed by atoms with van der Waals surface area (Å²) in [7, 11) is 0. The van der Waals surface area contributed by atoms with Gasteiger partial charge in [0.15, 0.2) is 0 Å². The molecular weight excluding hydrogens is 304 g/mol. The molecular formula is C15H27ClN4S. The van der Waals surface area contributed by atoms with E-state index in [-0.39, 0.29) is 12.4 Å². The number of rotatable bonds is 4. The molecule has 0 unspecified atom stereocenters. The zero-order chi connectivity index (χ0) is 13.8. The van der Waals surface area contributed by atoms with Crippen LogP contribution in [0.5, 0.6) is 0 Å². The van der Waals surface area contributed by atoms with Gasteiger partial charge in [-0.15, -0.1) is 23.7 Å². The summed E-state index contributed by atoms with van der Waals surface area (Å²) in [4.78, 5) is 9.79. The highest BCUT2D eigenvalue weighted by atomic mass is 35.5. The Kier molecular flexibility index (Phi) is 6.89. The molecule has 3 rings (SSSR count). The normalized spacial score (nSPS) is 22.1. The fourth-order valence-electron chi connectivity index (χ4n) is 3.27. The Morgan fingerprint density at radius 2 is 1.86 bits per heavy atom. The molecule has 0 aromatic carbocycles. The topological polar surface area (TPSA) is 31.4 Å². The first-order chi connectivity index (χ1) is 9.79. The van der Waals surface area contributed by atoms with E-state index in [4.69, 9.17) is 0 Å². The molecule has 4 nitrogen and oxygen atoms in total. The molecule has 2 aliphatic rings.